The van der Waals surface area contributed by atoms with Gasteiger partial charge in [0.25, 0.3) is 0 Å². The highest BCUT2D eigenvalue weighted by atomic mass is 19.3. The third-order valence-electron chi connectivity index (χ3n) is 4.33. The molecule has 2 aliphatic heterocycles. The minimum absolute atomic E-state index is 0.0161. The van der Waals surface area contributed by atoms with Crippen molar-refractivity contribution in [3.63, 3.8) is 0 Å². The molecule has 2 rings (SSSR count). The fraction of sp³-hybridized carbons (Fsp3) is 1.00. The van der Waals surface area contributed by atoms with Crippen LogP contribution in [0.5, 0.6) is 0 Å². The summed E-state index contributed by atoms with van der Waals surface area (Å²) in [4.78, 5) is 1.81. The summed E-state index contributed by atoms with van der Waals surface area (Å²) >= 11 is 0. The fourth-order valence-corrected chi connectivity index (χ4v) is 2.75. The number of alkyl halides is 6. The van der Waals surface area contributed by atoms with E-state index in [-0.39, 0.29) is 52.6 Å². The zero-order chi connectivity index (χ0) is 21.3. The van der Waals surface area contributed by atoms with E-state index in [1.165, 1.54) is 0 Å². The highest BCUT2D eigenvalue weighted by Crippen LogP contribution is 2.27. The second-order valence-corrected chi connectivity index (χ2v) is 6.40. The first-order valence-electron chi connectivity index (χ1n) is 9.27. The molecule has 0 radical (unpaired) electrons. The van der Waals surface area contributed by atoms with Gasteiger partial charge in [-0.25, -0.2) is 8.78 Å². The Morgan fingerprint density at radius 2 is 1.00 bits per heavy atom. The molecule has 13 heteroatoms. The van der Waals surface area contributed by atoms with Crippen LogP contribution in [-0.4, -0.2) is 114 Å². The van der Waals surface area contributed by atoms with Crippen molar-refractivity contribution in [1.82, 2.24) is 9.80 Å². The van der Waals surface area contributed by atoms with E-state index in [9.17, 15) is 26.3 Å². The molecule has 172 valence electrons. The van der Waals surface area contributed by atoms with Gasteiger partial charge in [0, 0.05) is 26.2 Å². The molecule has 0 aliphatic carbocycles. The molecule has 0 spiro atoms. The number of halogens is 6. The van der Waals surface area contributed by atoms with Gasteiger partial charge in [-0.1, -0.05) is 0 Å². The lowest BCUT2D eigenvalue weighted by atomic mass is 10.4. The van der Waals surface area contributed by atoms with Crippen LogP contribution in [0.1, 0.15) is 0 Å². The van der Waals surface area contributed by atoms with Gasteiger partial charge in [-0.3, -0.25) is 9.80 Å². The highest BCUT2D eigenvalue weighted by molar-refractivity contribution is 4.73. The van der Waals surface area contributed by atoms with Crippen LogP contribution in [0, 0.1) is 0 Å². The van der Waals surface area contributed by atoms with Crippen LogP contribution in [0.2, 0.25) is 0 Å². The van der Waals surface area contributed by atoms with Crippen molar-refractivity contribution in [3.8, 4) is 0 Å². The van der Waals surface area contributed by atoms with Crippen LogP contribution in [0.15, 0.2) is 0 Å². The third kappa shape index (κ3) is 7.81. The number of nitrogens with zero attached hydrogens (tertiary/aromatic N) is 2. The van der Waals surface area contributed by atoms with Crippen molar-refractivity contribution in [2.45, 2.75) is 24.8 Å². The Balaban J connectivity index is 1.57. The van der Waals surface area contributed by atoms with E-state index in [4.69, 9.17) is 14.2 Å². The molecule has 2 aliphatic rings. The lowest BCUT2D eigenvalue weighted by Crippen LogP contribution is -2.51. The molecule has 0 saturated carbocycles. The van der Waals surface area contributed by atoms with Crippen molar-refractivity contribution in [2.75, 3.05) is 79.0 Å². The van der Waals surface area contributed by atoms with Crippen molar-refractivity contribution in [3.05, 3.63) is 0 Å². The van der Waals surface area contributed by atoms with E-state index in [1.54, 1.807) is 0 Å². The first-order chi connectivity index (χ1) is 13.7. The average molecular weight is 440 g/mol. The second-order valence-electron chi connectivity index (χ2n) is 6.40. The monoisotopic (exact) mass is 440 g/mol. The molecular weight excluding hydrogens is 414 g/mol. The third-order valence-corrected chi connectivity index (χ3v) is 4.33. The van der Waals surface area contributed by atoms with E-state index in [1.807, 2.05) is 0 Å². The molecule has 0 aromatic heterocycles. The normalized spacial score (nSPS) is 22.6. The number of hydrogen-bond donors (Lipinski definition) is 0. The molecule has 0 amide bonds. The van der Waals surface area contributed by atoms with Gasteiger partial charge >= 0.3 is 12.2 Å². The van der Waals surface area contributed by atoms with Crippen LogP contribution in [-0.2, 0) is 23.7 Å². The van der Waals surface area contributed by atoms with E-state index in [0.29, 0.717) is 0 Å². The van der Waals surface area contributed by atoms with Crippen LogP contribution in [0.25, 0.3) is 0 Å². The summed E-state index contributed by atoms with van der Waals surface area (Å²) in [6.45, 7) is -1.46. The smallest absolute Gasteiger partial charge is 0.379 e. The molecule has 7 nitrogen and oxygen atoms in total. The van der Waals surface area contributed by atoms with Gasteiger partial charge in [-0.05, 0) is 0 Å². The van der Waals surface area contributed by atoms with Gasteiger partial charge in [0.15, 0.2) is 0 Å². The molecule has 2 fully saturated rings. The van der Waals surface area contributed by atoms with Gasteiger partial charge in [0.2, 0.25) is 12.6 Å². The Kier molecular flexibility index (Phi) is 9.85. The van der Waals surface area contributed by atoms with Crippen molar-refractivity contribution in [1.29, 1.82) is 0 Å². The average Bonchev–Trinajstić information content (AvgIpc) is 2.73. The molecule has 29 heavy (non-hydrogen) atoms. The van der Waals surface area contributed by atoms with Crippen molar-refractivity contribution in [2.24, 2.45) is 0 Å². The zero-order valence-corrected chi connectivity index (χ0v) is 15.8. The Bertz CT molecular complexity index is 427. The van der Waals surface area contributed by atoms with Gasteiger partial charge in [-0.15, -0.1) is 0 Å². The number of hydrogen-bond acceptors (Lipinski definition) is 7. The van der Waals surface area contributed by atoms with Crippen LogP contribution in [0.4, 0.5) is 26.3 Å². The second kappa shape index (κ2) is 11.6. The van der Waals surface area contributed by atoms with Gasteiger partial charge in [-0.2, -0.15) is 17.6 Å². The van der Waals surface area contributed by atoms with Gasteiger partial charge < -0.3 is 23.7 Å². The molecule has 0 aromatic carbocycles. The summed E-state index contributed by atoms with van der Waals surface area (Å²) in [5.41, 5.74) is 0. The van der Waals surface area contributed by atoms with Gasteiger partial charge in [0.05, 0.1) is 52.9 Å². The molecule has 2 heterocycles. The quantitative estimate of drug-likeness (QED) is 0.259. The summed E-state index contributed by atoms with van der Waals surface area (Å²) in [5, 5.41) is 0. The standard InChI is InChI=1S/C16H26F6N2O5/c17-13(23-1-5-25-6-2-23)15(19,20)28-11-9-27-10-12-29-16(21,22)14(18)24-3-7-26-8-4-24/h13-14H,1-12H2. The Labute approximate surface area is 164 Å². The first kappa shape index (κ1) is 24.6. The Morgan fingerprint density at radius 1 is 0.655 bits per heavy atom. The number of ether oxygens (including phenoxy) is 5. The predicted octanol–water partition coefficient (Wildman–Crippen LogP) is 1.48. The maximum absolute atomic E-state index is 13.9. The van der Waals surface area contributed by atoms with E-state index in [2.05, 4.69) is 9.47 Å². The Hall–Kier alpha value is -0.700. The van der Waals surface area contributed by atoms with Crippen LogP contribution >= 0.6 is 0 Å². The summed E-state index contributed by atoms with van der Waals surface area (Å²) < 4.78 is 106. The molecule has 0 aromatic rings. The first-order valence-corrected chi connectivity index (χ1v) is 9.27. The van der Waals surface area contributed by atoms with Crippen LogP contribution in [0.3, 0.4) is 0 Å². The maximum Gasteiger partial charge on any atom is 0.400 e. The minimum atomic E-state index is -4.05. The predicted molar refractivity (Wildman–Crippen MR) is 87.2 cm³/mol. The minimum Gasteiger partial charge on any atom is -0.379 e. The van der Waals surface area contributed by atoms with E-state index in [0.717, 1.165) is 9.80 Å². The summed E-state index contributed by atoms with van der Waals surface area (Å²) in [6.07, 6.45) is -13.4. The molecule has 2 saturated heterocycles. The SMILES string of the molecule is FC(N1CCOCC1)C(F)(F)OCCOCCOC(F)(F)C(F)N1CCOCC1. The highest BCUT2D eigenvalue weighted by Gasteiger charge is 2.46. The largest absolute Gasteiger partial charge is 0.400 e. The van der Waals surface area contributed by atoms with E-state index < -0.39 is 51.2 Å². The number of rotatable bonds is 12. The van der Waals surface area contributed by atoms with Crippen molar-refractivity contribution < 1.29 is 50.0 Å². The molecule has 2 unspecified atom stereocenters. The van der Waals surface area contributed by atoms with Crippen LogP contribution < -0.4 is 0 Å². The number of morpholine rings is 2. The Morgan fingerprint density at radius 3 is 1.34 bits per heavy atom. The molecular formula is C16H26F6N2O5. The van der Waals surface area contributed by atoms with Crippen molar-refractivity contribution >= 4 is 0 Å². The lowest BCUT2D eigenvalue weighted by molar-refractivity contribution is -0.312. The topological polar surface area (TPSA) is 52.6 Å². The molecule has 0 N–H and O–H groups in total. The van der Waals surface area contributed by atoms with Gasteiger partial charge in [0.1, 0.15) is 0 Å². The lowest BCUT2D eigenvalue weighted by Gasteiger charge is -2.33. The maximum atomic E-state index is 13.9. The summed E-state index contributed by atoms with van der Waals surface area (Å²) in [7, 11) is 0. The zero-order valence-electron chi connectivity index (χ0n) is 15.8. The molecule has 2 atom stereocenters. The molecule has 0 bridgehead atoms. The summed E-state index contributed by atoms with van der Waals surface area (Å²) in [6, 6.07) is 0. The van der Waals surface area contributed by atoms with E-state index >= 15 is 0 Å². The fourth-order valence-electron chi connectivity index (χ4n) is 2.75. The summed E-state index contributed by atoms with van der Waals surface area (Å²) in [5.74, 6) is 0.